The summed E-state index contributed by atoms with van der Waals surface area (Å²) < 4.78 is 1.95. The van der Waals surface area contributed by atoms with Crippen LogP contribution in [0.15, 0.2) is 0 Å². The first-order valence-corrected chi connectivity index (χ1v) is 7.85. The van der Waals surface area contributed by atoms with Crippen LogP contribution in [-0.2, 0) is 6.54 Å². The molecule has 1 N–H and O–H groups in total. The zero-order valence-corrected chi connectivity index (χ0v) is 12.7. The summed E-state index contributed by atoms with van der Waals surface area (Å²) in [5, 5.41) is 15.4. The van der Waals surface area contributed by atoms with Gasteiger partial charge in [0.25, 0.3) is 0 Å². The number of hydrogen-bond acceptors (Lipinski definition) is 5. The van der Waals surface area contributed by atoms with Gasteiger partial charge in [-0.15, -0.1) is 5.10 Å². The molecule has 6 heteroatoms. The Morgan fingerprint density at radius 2 is 2.11 bits per heavy atom. The summed E-state index contributed by atoms with van der Waals surface area (Å²) in [4.78, 5) is 0. The molecule has 0 saturated carbocycles. The number of nitrogens with zero attached hydrogens (tertiary/aromatic N) is 4. The molecule has 104 valence electrons. The molecule has 0 aliphatic rings. The molecular weight excluding hydrogens is 246 g/mol. The molecule has 0 spiro atoms. The minimum Gasteiger partial charge on any atom is -0.310 e. The smallest absolute Gasteiger partial charge is 0.165 e. The Kier molecular flexibility index (Phi) is 7.27. The van der Waals surface area contributed by atoms with Crippen molar-refractivity contribution >= 4 is 11.8 Å². The highest BCUT2D eigenvalue weighted by atomic mass is 32.2. The first-order chi connectivity index (χ1) is 8.65. The van der Waals surface area contributed by atoms with Gasteiger partial charge in [0.2, 0.25) is 0 Å². The Morgan fingerprint density at radius 1 is 1.33 bits per heavy atom. The molecule has 1 rings (SSSR count). The maximum atomic E-state index is 4.10. The van der Waals surface area contributed by atoms with Gasteiger partial charge in [-0.25, -0.2) is 4.68 Å². The van der Waals surface area contributed by atoms with Gasteiger partial charge >= 0.3 is 0 Å². The van der Waals surface area contributed by atoms with Crippen molar-refractivity contribution in [2.75, 3.05) is 18.1 Å². The van der Waals surface area contributed by atoms with Crippen molar-refractivity contribution in [1.29, 1.82) is 0 Å². The van der Waals surface area contributed by atoms with Crippen molar-refractivity contribution in [2.24, 2.45) is 5.92 Å². The van der Waals surface area contributed by atoms with Crippen molar-refractivity contribution in [3.63, 3.8) is 0 Å². The quantitative estimate of drug-likeness (QED) is 0.697. The second-order valence-electron chi connectivity index (χ2n) is 4.90. The fraction of sp³-hybridized carbons (Fsp3) is 0.917. The molecule has 1 heterocycles. The van der Waals surface area contributed by atoms with Crippen LogP contribution in [-0.4, -0.2) is 38.3 Å². The highest BCUT2D eigenvalue weighted by molar-refractivity contribution is 7.99. The summed E-state index contributed by atoms with van der Waals surface area (Å²) >= 11 is 1.96. The third-order valence-electron chi connectivity index (χ3n) is 2.70. The van der Waals surface area contributed by atoms with Crippen LogP contribution in [0, 0.1) is 5.92 Å². The summed E-state index contributed by atoms with van der Waals surface area (Å²) in [5.74, 6) is 3.92. The van der Waals surface area contributed by atoms with E-state index in [1.54, 1.807) is 0 Å². The van der Waals surface area contributed by atoms with Gasteiger partial charge in [0.15, 0.2) is 5.82 Å². The van der Waals surface area contributed by atoms with E-state index in [-0.39, 0.29) is 0 Å². The molecule has 0 aromatic carbocycles. The Hall–Kier alpha value is -0.620. The number of nitrogens with one attached hydrogen (secondary N) is 1. The topological polar surface area (TPSA) is 55.6 Å². The van der Waals surface area contributed by atoms with Gasteiger partial charge in [0.05, 0.1) is 12.6 Å². The number of hydrogen-bond donors (Lipinski definition) is 1. The molecule has 1 aromatic rings. The highest BCUT2D eigenvalue weighted by Crippen LogP contribution is 2.14. The van der Waals surface area contributed by atoms with Crippen LogP contribution in [0.25, 0.3) is 0 Å². The lowest BCUT2D eigenvalue weighted by atomic mass is 10.2. The van der Waals surface area contributed by atoms with E-state index in [1.165, 1.54) is 5.75 Å². The minimum atomic E-state index is 0.370. The fourth-order valence-corrected chi connectivity index (χ4v) is 2.46. The average molecular weight is 271 g/mol. The van der Waals surface area contributed by atoms with Gasteiger partial charge in [-0.2, -0.15) is 11.8 Å². The Bertz CT molecular complexity index is 326. The Labute approximate surface area is 114 Å². The third-order valence-corrected chi connectivity index (χ3v) is 3.63. The number of rotatable bonds is 9. The zero-order valence-electron chi connectivity index (χ0n) is 11.9. The van der Waals surface area contributed by atoms with Gasteiger partial charge in [-0.1, -0.05) is 20.8 Å². The van der Waals surface area contributed by atoms with E-state index < -0.39 is 0 Å². The summed E-state index contributed by atoms with van der Waals surface area (Å²) in [6.45, 7) is 10.5. The fourth-order valence-electron chi connectivity index (χ4n) is 1.66. The molecule has 0 fully saturated rings. The van der Waals surface area contributed by atoms with Crippen molar-refractivity contribution in [1.82, 2.24) is 25.5 Å². The predicted molar refractivity (Wildman–Crippen MR) is 76.7 cm³/mol. The second-order valence-corrected chi connectivity index (χ2v) is 6.29. The number of aromatic nitrogens is 4. The zero-order chi connectivity index (χ0) is 13.4. The van der Waals surface area contributed by atoms with Crippen molar-refractivity contribution in [3.8, 4) is 0 Å². The van der Waals surface area contributed by atoms with Crippen LogP contribution < -0.4 is 5.32 Å². The second kappa shape index (κ2) is 8.48. The lowest BCUT2D eigenvalue weighted by Crippen LogP contribution is -2.23. The van der Waals surface area contributed by atoms with E-state index in [4.69, 9.17) is 0 Å². The van der Waals surface area contributed by atoms with Gasteiger partial charge in [0, 0.05) is 0 Å². The molecule has 0 saturated heterocycles. The predicted octanol–water partition coefficient (Wildman–Crippen LogP) is 2.12. The van der Waals surface area contributed by atoms with Crippen LogP contribution in [0.5, 0.6) is 0 Å². The van der Waals surface area contributed by atoms with Gasteiger partial charge < -0.3 is 5.32 Å². The first kappa shape index (κ1) is 15.4. The number of tetrazole rings is 1. The van der Waals surface area contributed by atoms with E-state index in [0.717, 1.165) is 31.1 Å². The summed E-state index contributed by atoms with van der Waals surface area (Å²) in [6, 6.07) is 0.370. The lowest BCUT2D eigenvalue weighted by molar-refractivity contribution is 0.437. The Balaban J connectivity index is 2.42. The van der Waals surface area contributed by atoms with Crippen LogP contribution in [0.2, 0.25) is 0 Å². The first-order valence-electron chi connectivity index (χ1n) is 6.70. The summed E-state index contributed by atoms with van der Waals surface area (Å²) in [6.07, 6.45) is 1.11. The van der Waals surface area contributed by atoms with E-state index in [9.17, 15) is 0 Å². The molecule has 1 unspecified atom stereocenters. The molecule has 18 heavy (non-hydrogen) atoms. The molecular formula is C12H25N5S. The van der Waals surface area contributed by atoms with E-state index in [1.807, 2.05) is 16.4 Å². The Morgan fingerprint density at radius 3 is 2.78 bits per heavy atom. The van der Waals surface area contributed by atoms with E-state index in [0.29, 0.717) is 12.0 Å². The van der Waals surface area contributed by atoms with E-state index >= 15 is 0 Å². The molecule has 0 amide bonds. The van der Waals surface area contributed by atoms with Crippen LogP contribution in [0.1, 0.15) is 46.0 Å². The van der Waals surface area contributed by atoms with Gasteiger partial charge in [0.1, 0.15) is 0 Å². The third kappa shape index (κ3) is 5.35. The van der Waals surface area contributed by atoms with Gasteiger partial charge in [-0.3, -0.25) is 0 Å². The SMILES string of the molecule is CCSCCC(C)n1nnnc1CNCC(C)C. The largest absolute Gasteiger partial charge is 0.310 e. The lowest BCUT2D eigenvalue weighted by Gasteiger charge is -2.13. The van der Waals surface area contributed by atoms with Crippen LogP contribution >= 0.6 is 11.8 Å². The molecule has 0 aliphatic heterocycles. The number of thioether (sulfide) groups is 1. The summed E-state index contributed by atoms with van der Waals surface area (Å²) in [7, 11) is 0. The highest BCUT2D eigenvalue weighted by Gasteiger charge is 2.12. The monoisotopic (exact) mass is 271 g/mol. The average Bonchev–Trinajstić information content (AvgIpc) is 2.77. The standard InChI is InChI=1S/C12H25N5S/c1-5-18-7-6-11(4)17-12(14-15-16-17)9-13-8-10(2)3/h10-11,13H,5-9H2,1-4H3. The maximum Gasteiger partial charge on any atom is 0.165 e. The molecule has 0 aliphatic carbocycles. The minimum absolute atomic E-state index is 0.370. The molecule has 5 nitrogen and oxygen atoms in total. The van der Waals surface area contributed by atoms with Crippen LogP contribution in [0.4, 0.5) is 0 Å². The molecule has 0 radical (unpaired) electrons. The normalized spacial score (nSPS) is 13.2. The van der Waals surface area contributed by atoms with Crippen molar-refractivity contribution < 1.29 is 0 Å². The summed E-state index contributed by atoms with van der Waals surface area (Å²) in [5.41, 5.74) is 0. The molecule has 0 bridgehead atoms. The van der Waals surface area contributed by atoms with Gasteiger partial charge in [-0.05, 0) is 47.7 Å². The molecule has 1 aromatic heterocycles. The van der Waals surface area contributed by atoms with Crippen molar-refractivity contribution in [3.05, 3.63) is 5.82 Å². The molecule has 1 atom stereocenters. The van der Waals surface area contributed by atoms with E-state index in [2.05, 4.69) is 48.5 Å². The maximum absolute atomic E-state index is 4.10. The van der Waals surface area contributed by atoms with Crippen LogP contribution in [0.3, 0.4) is 0 Å². The van der Waals surface area contributed by atoms with Crippen molar-refractivity contribution in [2.45, 2.75) is 46.7 Å².